The number of aliphatic hydroxyl groups excluding tert-OH is 1. The Bertz CT molecular complexity index is 841. The standard InChI is InChI=1S/C19H30N6O8/c1-8(2)15(25-17(30)14(20)9(3)26)18(31)23-11(5-13(27)28)16(29)24-12(19(32)33)4-10-6-21-7-22-10/h6-9,11-12,14-15,26H,4-5,20H2,1-3H3,(H,21,22)(H,23,31)(H,24,29)(H,25,30)(H,27,28)(H,32,33). The topological polar surface area (TPSA) is 237 Å². The van der Waals surface area contributed by atoms with E-state index >= 15 is 0 Å². The number of imidazole rings is 1. The molecule has 184 valence electrons. The Hall–Kier alpha value is -3.52. The molecular formula is C19H30N6O8. The number of H-pyrrole nitrogens is 1. The van der Waals surface area contributed by atoms with Crippen LogP contribution < -0.4 is 21.7 Å². The molecule has 5 unspecified atom stereocenters. The van der Waals surface area contributed by atoms with Crippen molar-refractivity contribution in [2.45, 2.75) is 63.9 Å². The van der Waals surface area contributed by atoms with Gasteiger partial charge in [-0.3, -0.25) is 19.2 Å². The highest BCUT2D eigenvalue weighted by atomic mass is 16.4. The fourth-order valence-corrected chi connectivity index (χ4v) is 2.74. The van der Waals surface area contributed by atoms with E-state index in [1.54, 1.807) is 13.8 Å². The van der Waals surface area contributed by atoms with Crippen molar-refractivity contribution in [3.05, 3.63) is 18.2 Å². The molecule has 9 N–H and O–H groups in total. The third-order valence-corrected chi connectivity index (χ3v) is 4.67. The van der Waals surface area contributed by atoms with E-state index in [-0.39, 0.29) is 6.42 Å². The number of aromatic amines is 1. The number of rotatable bonds is 13. The zero-order valence-corrected chi connectivity index (χ0v) is 18.4. The van der Waals surface area contributed by atoms with Crippen molar-refractivity contribution in [2.75, 3.05) is 0 Å². The van der Waals surface area contributed by atoms with Gasteiger partial charge in [-0.1, -0.05) is 13.8 Å². The summed E-state index contributed by atoms with van der Waals surface area (Å²) in [4.78, 5) is 66.8. The largest absolute Gasteiger partial charge is 0.481 e. The Labute approximate surface area is 189 Å². The molecule has 0 aliphatic heterocycles. The molecule has 0 aliphatic rings. The minimum absolute atomic E-state index is 0.156. The Kier molecular flexibility index (Phi) is 10.4. The van der Waals surface area contributed by atoms with Crippen LogP contribution >= 0.6 is 0 Å². The first kappa shape index (κ1) is 27.5. The van der Waals surface area contributed by atoms with Crippen LogP contribution in [0.5, 0.6) is 0 Å². The number of hydrogen-bond acceptors (Lipinski definition) is 8. The van der Waals surface area contributed by atoms with Crippen LogP contribution in [0.1, 0.15) is 32.9 Å². The van der Waals surface area contributed by atoms with E-state index < -0.39 is 72.3 Å². The number of aromatic nitrogens is 2. The predicted octanol–water partition coefficient (Wildman–Crippen LogP) is -2.67. The van der Waals surface area contributed by atoms with Gasteiger partial charge in [0.1, 0.15) is 24.2 Å². The van der Waals surface area contributed by atoms with Gasteiger partial charge < -0.3 is 42.0 Å². The lowest BCUT2D eigenvalue weighted by Gasteiger charge is -2.26. The van der Waals surface area contributed by atoms with E-state index in [4.69, 9.17) is 10.8 Å². The highest BCUT2D eigenvalue weighted by molar-refractivity contribution is 5.95. The number of nitrogens with zero attached hydrogens (tertiary/aromatic N) is 1. The van der Waals surface area contributed by atoms with E-state index in [1.807, 2.05) is 0 Å². The first-order chi connectivity index (χ1) is 15.3. The second kappa shape index (κ2) is 12.5. The third-order valence-electron chi connectivity index (χ3n) is 4.67. The Morgan fingerprint density at radius 3 is 2.06 bits per heavy atom. The fourth-order valence-electron chi connectivity index (χ4n) is 2.74. The summed E-state index contributed by atoms with van der Waals surface area (Å²) in [6.45, 7) is 4.48. The van der Waals surface area contributed by atoms with Gasteiger partial charge in [0.15, 0.2) is 0 Å². The predicted molar refractivity (Wildman–Crippen MR) is 112 cm³/mol. The molecule has 0 bridgehead atoms. The SMILES string of the molecule is CC(C)C(NC(=O)C(N)C(C)O)C(=O)NC(CC(=O)O)C(=O)NC(Cc1cnc[nH]1)C(=O)O. The summed E-state index contributed by atoms with van der Waals surface area (Å²) in [6, 6.07) is -5.55. The number of carboxylic acids is 2. The lowest BCUT2D eigenvalue weighted by Crippen LogP contribution is -2.59. The van der Waals surface area contributed by atoms with Crippen LogP contribution in [0, 0.1) is 5.92 Å². The van der Waals surface area contributed by atoms with E-state index in [0.29, 0.717) is 5.69 Å². The molecule has 1 heterocycles. The molecule has 0 saturated heterocycles. The maximum Gasteiger partial charge on any atom is 0.326 e. The number of aliphatic carboxylic acids is 2. The van der Waals surface area contributed by atoms with Crippen LogP contribution in [-0.2, 0) is 30.4 Å². The highest BCUT2D eigenvalue weighted by Gasteiger charge is 2.33. The van der Waals surface area contributed by atoms with Crippen LogP contribution in [0.15, 0.2) is 12.5 Å². The minimum Gasteiger partial charge on any atom is -0.481 e. The summed E-state index contributed by atoms with van der Waals surface area (Å²) in [5.41, 5.74) is 5.98. The molecule has 3 amide bonds. The van der Waals surface area contributed by atoms with Crippen molar-refractivity contribution >= 4 is 29.7 Å². The number of carboxylic acid groups (broad SMARTS) is 2. The summed E-state index contributed by atoms with van der Waals surface area (Å²) in [7, 11) is 0. The van der Waals surface area contributed by atoms with Gasteiger partial charge in [0.25, 0.3) is 0 Å². The third kappa shape index (κ3) is 8.86. The highest BCUT2D eigenvalue weighted by Crippen LogP contribution is 2.06. The summed E-state index contributed by atoms with van der Waals surface area (Å²) < 4.78 is 0. The van der Waals surface area contributed by atoms with Gasteiger partial charge in [-0.15, -0.1) is 0 Å². The molecule has 0 radical (unpaired) electrons. The lowest BCUT2D eigenvalue weighted by molar-refractivity contribution is -0.143. The number of nitrogens with two attached hydrogens (primary N) is 1. The molecule has 1 aromatic heterocycles. The molecule has 1 rings (SSSR count). The quantitative estimate of drug-likeness (QED) is 0.149. The normalized spacial score (nSPS) is 15.6. The average molecular weight is 470 g/mol. The minimum atomic E-state index is -1.62. The summed E-state index contributed by atoms with van der Waals surface area (Å²) in [5, 5.41) is 34.8. The molecule has 33 heavy (non-hydrogen) atoms. The number of carbonyl (C=O) groups excluding carboxylic acids is 3. The maximum absolute atomic E-state index is 12.8. The van der Waals surface area contributed by atoms with Crippen molar-refractivity contribution in [1.82, 2.24) is 25.9 Å². The number of aliphatic hydroxyl groups is 1. The van der Waals surface area contributed by atoms with Gasteiger partial charge in [0.2, 0.25) is 17.7 Å². The second-order valence-electron chi connectivity index (χ2n) is 7.84. The molecule has 0 saturated carbocycles. The maximum atomic E-state index is 12.8. The van der Waals surface area contributed by atoms with Crippen molar-refractivity contribution in [3.63, 3.8) is 0 Å². The van der Waals surface area contributed by atoms with Crippen molar-refractivity contribution in [2.24, 2.45) is 11.7 Å². The number of amides is 3. The lowest BCUT2D eigenvalue weighted by atomic mass is 10.0. The second-order valence-corrected chi connectivity index (χ2v) is 7.84. The van der Waals surface area contributed by atoms with E-state index in [9.17, 15) is 34.2 Å². The van der Waals surface area contributed by atoms with Gasteiger partial charge in [-0.05, 0) is 12.8 Å². The molecule has 0 aromatic carbocycles. The molecule has 1 aromatic rings. The first-order valence-electron chi connectivity index (χ1n) is 10.1. The monoisotopic (exact) mass is 470 g/mol. The molecule has 0 aliphatic carbocycles. The van der Waals surface area contributed by atoms with Crippen molar-refractivity contribution in [1.29, 1.82) is 0 Å². The summed E-state index contributed by atoms with van der Waals surface area (Å²) >= 11 is 0. The molecule has 0 fully saturated rings. The first-order valence-corrected chi connectivity index (χ1v) is 10.1. The average Bonchev–Trinajstić information content (AvgIpc) is 3.22. The number of hydrogen-bond donors (Lipinski definition) is 8. The molecule has 14 nitrogen and oxygen atoms in total. The van der Waals surface area contributed by atoms with Crippen molar-refractivity contribution < 1.29 is 39.3 Å². The fraction of sp³-hybridized carbons (Fsp3) is 0.579. The van der Waals surface area contributed by atoms with Gasteiger partial charge in [-0.2, -0.15) is 0 Å². The Morgan fingerprint density at radius 1 is 1.00 bits per heavy atom. The number of carbonyl (C=O) groups is 5. The van der Waals surface area contributed by atoms with Crippen LogP contribution in [0.2, 0.25) is 0 Å². The molecule has 0 spiro atoms. The molecule has 14 heteroatoms. The Balaban J connectivity index is 2.97. The molecule has 5 atom stereocenters. The van der Waals surface area contributed by atoms with Crippen LogP contribution in [0.3, 0.4) is 0 Å². The summed E-state index contributed by atoms with van der Waals surface area (Å²) in [5.74, 6) is -6.01. The van der Waals surface area contributed by atoms with Gasteiger partial charge in [-0.25, -0.2) is 9.78 Å². The van der Waals surface area contributed by atoms with Crippen LogP contribution in [0.25, 0.3) is 0 Å². The van der Waals surface area contributed by atoms with Gasteiger partial charge in [0, 0.05) is 18.3 Å². The zero-order chi connectivity index (χ0) is 25.3. The van der Waals surface area contributed by atoms with Crippen molar-refractivity contribution in [3.8, 4) is 0 Å². The summed E-state index contributed by atoms with van der Waals surface area (Å²) in [6.07, 6.45) is 0.519. The van der Waals surface area contributed by atoms with E-state index in [2.05, 4.69) is 25.9 Å². The Morgan fingerprint density at radius 2 is 1.61 bits per heavy atom. The van der Waals surface area contributed by atoms with Gasteiger partial charge >= 0.3 is 11.9 Å². The van der Waals surface area contributed by atoms with Gasteiger partial charge in [0.05, 0.1) is 18.9 Å². The number of nitrogens with one attached hydrogen (secondary N) is 4. The smallest absolute Gasteiger partial charge is 0.326 e. The van der Waals surface area contributed by atoms with E-state index in [0.717, 1.165) is 0 Å². The van der Waals surface area contributed by atoms with Crippen LogP contribution in [0.4, 0.5) is 0 Å². The van der Waals surface area contributed by atoms with E-state index in [1.165, 1.54) is 19.4 Å². The zero-order valence-electron chi connectivity index (χ0n) is 18.4. The van der Waals surface area contributed by atoms with Crippen LogP contribution in [-0.4, -0.2) is 85.2 Å². The molecular weight excluding hydrogens is 440 g/mol.